The lowest BCUT2D eigenvalue weighted by molar-refractivity contribution is -0.122. The monoisotopic (exact) mass is 281 g/mol. The molecule has 0 aliphatic heterocycles. The van der Waals surface area contributed by atoms with Crippen LogP contribution in [0.3, 0.4) is 0 Å². The number of unbranched alkanes of at least 4 members (excludes halogenated alkanes) is 1. The van der Waals surface area contributed by atoms with E-state index < -0.39 is 0 Å². The summed E-state index contributed by atoms with van der Waals surface area (Å²) in [7, 11) is 0. The molecule has 0 bridgehead atoms. The summed E-state index contributed by atoms with van der Waals surface area (Å²) in [4.78, 5) is 0. The number of hydrogen-bond acceptors (Lipinski definition) is 4. The number of furan rings is 1. The molecule has 20 heavy (non-hydrogen) atoms. The van der Waals surface area contributed by atoms with Gasteiger partial charge in [-0.05, 0) is 25.0 Å². The maximum Gasteiger partial charge on any atom is 0.123 e. The van der Waals surface area contributed by atoms with Crippen LogP contribution in [-0.4, -0.2) is 30.5 Å². The van der Waals surface area contributed by atoms with Gasteiger partial charge in [-0.3, -0.25) is 0 Å². The minimum Gasteiger partial charge on any atom is -0.468 e. The Morgan fingerprint density at radius 2 is 2.35 bits per heavy atom. The molecule has 0 spiro atoms. The Bertz CT molecular complexity index is 388. The largest absolute Gasteiger partial charge is 0.468 e. The van der Waals surface area contributed by atoms with Crippen LogP contribution in [0.2, 0.25) is 0 Å². The molecule has 1 fully saturated rings. The van der Waals surface area contributed by atoms with Crippen molar-refractivity contribution < 1.29 is 14.3 Å². The van der Waals surface area contributed by atoms with Crippen molar-refractivity contribution in [2.45, 2.75) is 58.2 Å². The molecule has 1 aliphatic carbocycles. The smallest absolute Gasteiger partial charge is 0.123 e. The molecular formula is C16H27NO3. The second kappa shape index (κ2) is 6.74. The topological polar surface area (TPSA) is 54.6 Å². The first-order chi connectivity index (χ1) is 9.59. The number of nitrogens with one attached hydrogen (secondary N) is 1. The van der Waals surface area contributed by atoms with Crippen LogP contribution in [0, 0.1) is 5.41 Å². The first kappa shape index (κ1) is 15.5. The van der Waals surface area contributed by atoms with E-state index >= 15 is 0 Å². The molecule has 0 aromatic carbocycles. The van der Waals surface area contributed by atoms with Crippen molar-refractivity contribution in [3.8, 4) is 0 Å². The highest BCUT2D eigenvalue weighted by atomic mass is 16.5. The fourth-order valence-electron chi connectivity index (χ4n) is 2.78. The lowest BCUT2D eigenvalue weighted by Crippen LogP contribution is -2.61. The Morgan fingerprint density at radius 1 is 1.55 bits per heavy atom. The number of aliphatic hydroxyl groups excluding tert-OH is 1. The van der Waals surface area contributed by atoms with Crippen LogP contribution in [0.25, 0.3) is 0 Å². The van der Waals surface area contributed by atoms with Gasteiger partial charge in [0.05, 0.1) is 25.0 Å². The molecule has 1 aromatic heterocycles. The number of ether oxygens (including phenoxy) is 1. The van der Waals surface area contributed by atoms with Crippen molar-refractivity contribution in [1.29, 1.82) is 0 Å². The fourth-order valence-corrected chi connectivity index (χ4v) is 2.78. The van der Waals surface area contributed by atoms with Gasteiger partial charge in [0.15, 0.2) is 0 Å². The van der Waals surface area contributed by atoms with Crippen LogP contribution in [0.15, 0.2) is 22.8 Å². The Kier molecular flexibility index (Phi) is 5.24. The Labute approximate surface area is 121 Å². The van der Waals surface area contributed by atoms with Gasteiger partial charge in [-0.1, -0.05) is 27.2 Å². The predicted molar refractivity (Wildman–Crippen MR) is 78.5 cm³/mol. The van der Waals surface area contributed by atoms with Crippen molar-refractivity contribution in [2.24, 2.45) is 5.41 Å². The number of aliphatic hydroxyl groups is 1. The summed E-state index contributed by atoms with van der Waals surface area (Å²) >= 11 is 0. The van der Waals surface area contributed by atoms with Crippen molar-refractivity contribution in [1.82, 2.24) is 5.32 Å². The average Bonchev–Trinajstić information content (AvgIpc) is 2.95. The van der Waals surface area contributed by atoms with E-state index in [1.54, 1.807) is 6.26 Å². The summed E-state index contributed by atoms with van der Waals surface area (Å²) in [5, 5.41) is 13.0. The standard InChI is InChI=1S/C16H27NO3/c1-4-5-8-20-15-10-14(16(15,2)3)17-12(11-18)13-7-6-9-19-13/h6-7,9,12,14-15,17-18H,4-5,8,10-11H2,1-3H3. The highest BCUT2D eigenvalue weighted by Gasteiger charge is 2.49. The van der Waals surface area contributed by atoms with Gasteiger partial charge < -0.3 is 19.6 Å². The molecule has 1 aromatic rings. The summed E-state index contributed by atoms with van der Waals surface area (Å²) in [6, 6.07) is 3.96. The van der Waals surface area contributed by atoms with E-state index in [1.165, 1.54) is 6.42 Å². The van der Waals surface area contributed by atoms with Crippen LogP contribution in [0.5, 0.6) is 0 Å². The summed E-state index contributed by atoms with van der Waals surface area (Å²) in [6.45, 7) is 7.51. The second-order valence-corrected chi connectivity index (χ2v) is 6.24. The summed E-state index contributed by atoms with van der Waals surface area (Å²) < 4.78 is 11.3. The minimum absolute atomic E-state index is 0.0431. The number of hydrogen-bond donors (Lipinski definition) is 2. The molecule has 4 heteroatoms. The molecule has 1 saturated carbocycles. The molecule has 4 nitrogen and oxygen atoms in total. The first-order valence-corrected chi connectivity index (χ1v) is 7.61. The van der Waals surface area contributed by atoms with E-state index in [-0.39, 0.29) is 18.1 Å². The van der Waals surface area contributed by atoms with Crippen LogP contribution < -0.4 is 5.32 Å². The lowest BCUT2D eigenvalue weighted by Gasteiger charge is -2.52. The molecule has 0 saturated heterocycles. The summed E-state index contributed by atoms with van der Waals surface area (Å²) in [5.74, 6) is 0.790. The first-order valence-electron chi connectivity index (χ1n) is 7.61. The molecule has 3 atom stereocenters. The third kappa shape index (κ3) is 3.25. The van der Waals surface area contributed by atoms with Crippen molar-refractivity contribution in [3.05, 3.63) is 24.2 Å². The molecule has 3 unspecified atom stereocenters. The van der Waals surface area contributed by atoms with E-state index in [0.29, 0.717) is 12.1 Å². The van der Waals surface area contributed by atoms with Gasteiger partial charge in [0.25, 0.3) is 0 Å². The number of rotatable bonds is 8. The van der Waals surface area contributed by atoms with Gasteiger partial charge in [-0.2, -0.15) is 0 Å². The lowest BCUT2D eigenvalue weighted by atomic mass is 9.64. The van der Waals surface area contributed by atoms with E-state index in [2.05, 4.69) is 26.1 Å². The van der Waals surface area contributed by atoms with Gasteiger partial charge in [0.2, 0.25) is 0 Å². The van der Waals surface area contributed by atoms with Crippen LogP contribution in [-0.2, 0) is 4.74 Å². The SMILES string of the molecule is CCCCOC1CC(NC(CO)c2ccco2)C1(C)C. The van der Waals surface area contributed by atoms with Gasteiger partial charge in [-0.15, -0.1) is 0 Å². The fraction of sp³-hybridized carbons (Fsp3) is 0.750. The normalized spacial score (nSPS) is 26.2. The van der Waals surface area contributed by atoms with Crippen LogP contribution in [0.4, 0.5) is 0 Å². The average molecular weight is 281 g/mol. The quantitative estimate of drug-likeness (QED) is 0.719. The summed E-state index contributed by atoms with van der Waals surface area (Å²) in [6.07, 6.45) is 5.23. The van der Waals surface area contributed by atoms with Gasteiger partial charge in [0.1, 0.15) is 5.76 Å². The molecule has 2 rings (SSSR count). The van der Waals surface area contributed by atoms with Gasteiger partial charge in [0, 0.05) is 18.1 Å². The zero-order valence-electron chi connectivity index (χ0n) is 12.8. The molecule has 0 radical (unpaired) electrons. The Hall–Kier alpha value is -0.840. The van der Waals surface area contributed by atoms with Crippen molar-refractivity contribution >= 4 is 0 Å². The Balaban J connectivity index is 1.85. The van der Waals surface area contributed by atoms with E-state index in [0.717, 1.165) is 25.2 Å². The van der Waals surface area contributed by atoms with E-state index in [1.807, 2.05) is 12.1 Å². The predicted octanol–water partition coefficient (Wildman–Crippen LogP) is 2.89. The highest BCUT2D eigenvalue weighted by Crippen LogP contribution is 2.43. The summed E-state index contributed by atoms with van der Waals surface area (Å²) in [5.41, 5.74) is 0.0910. The van der Waals surface area contributed by atoms with Gasteiger partial charge >= 0.3 is 0 Å². The molecule has 2 N–H and O–H groups in total. The second-order valence-electron chi connectivity index (χ2n) is 6.24. The molecule has 114 valence electrons. The van der Waals surface area contributed by atoms with Crippen molar-refractivity contribution in [2.75, 3.05) is 13.2 Å². The van der Waals surface area contributed by atoms with Gasteiger partial charge in [-0.25, -0.2) is 0 Å². The van der Waals surface area contributed by atoms with Crippen LogP contribution in [0.1, 0.15) is 51.8 Å². The maximum absolute atomic E-state index is 9.52. The minimum atomic E-state index is -0.133. The molecular weight excluding hydrogens is 254 g/mol. The third-order valence-electron chi connectivity index (χ3n) is 4.47. The van der Waals surface area contributed by atoms with E-state index in [4.69, 9.17) is 9.15 Å². The van der Waals surface area contributed by atoms with E-state index in [9.17, 15) is 5.11 Å². The molecule has 1 aliphatic rings. The zero-order valence-corrected chi connectivity index (χ0v) is 12.8. The Morgan fingerprint density at radius 3 is 2.90 bits per heavy atom. The highest BCUT2D eigenvalue weighted by molar-refractivity contribution is 5.09. The zero-order chi connectivity index (χ0) is 14.6. The maximum atomic E-state index is 9.52. The van der Waals surface area contributed by atoms with Crippen LogP contribution >= 0.6 is 0 Å². The van der Waals surface area contributed by atoms with Crippen molar-refractivity contribution in [3.63, 3.8) is 0 Å². The third-order valence-corrected chi connectivity index (χ3v) is 4.47. The molecule has 0 amide bonds. The molecule has 1 heterocycles.